The molecule has 0 bridgehead atoms. The topological polar surface area (TPSA) is 58.6 Å². The summed E-state index contributed by atoms with van der Waals surface area (Å²) in [6.45, 7) is 4.95. The number of nitrogens with one attached hydrogen (secondary N) is 1. The second kappa shape index (κ2) is 6.14. The Labute approximate surface area is 152 Å². The average molecular weight is 350 g/mol. The van der Waals surface area contributed by atoms with Crippen molar-refractivity contribution >= 4 is 6.09 Å². The van der Waals surface area contributed by atoms with Crippen LogP contribution in [0.5, 0.6) is 0 Å². The predicted molar refractivity (Wildman–Crippen MR) is 97.1 cm³/mol. The van der Waals surface area contributed by atoms with Crippen molar-refractivity contribution in [1.29, 1.82) is 0 Å². The standard InChI is InChI=1S/C21H35NO3/c1-20-10-8-14(23)12-13(20)4-5-15-16-6-7-18(22-19(24)25-3)21(16,2)11-9-17(15)20/h13-18,23H,4-12H2,1-3H3,(H,22,24)/t13-,14-,15-,16-,17-,18-,20-,21-/m0/s1. The van der Waals surface area contributed by atoms with Crippen LogP contribution < -0.4 is 5.32 Å². The van der Waals surface area contributed by atoms with E-state index in [2.05, 4.69) is 19.2 Å². The zero-order valence-corrected chi connectivity index (χ0v) is 16.1. The lowest BCUT2D eigenvalue weighted by Gasteiger charge is -2.60. The summed E-state index contributed by atoms with van der Waals surface area (Å²) < 4.78 is 4.87. The monoisotopic (exact) mass is 349 g/mol. The van der Waals surface area contributed by atoms with Gasteiger partial charge in [-0.1, -0.05) is 13.8 Å². The molecule has 4 nitrogen and oxygen atoms in total. The second-order valence-corrected chi connectivity index (χ2v) is 9.90. The fourth-order valence-corrected chi connectivity index (χ4v) is 7.67. The Balaban J connectivity index is 1.55. The van der Waals surface area contributed by atoms with E-state index in [0.29, 0.717) is 11.3 Å². The molecule has 0 radical (unpaired) electrons. The van der Waals surface area contributed by atoms with E-state index in [-0.39, 0.29) is 23.7 Å². The summed E-state index contributed by atoms with van der Waals surface area (Å²) in [6.07, 6.45) is 10.3. The third-order valence-corrected chi connectivity index (χ3v) is 9.12. The van der Waals surface area contributed by atoms with Gasteiger partial charge in [0, 0.05) is 6.04 Å². The average Bonchev–Trinajstić information content (AvgIpc) is 2.92. The van der Waals surface area contributed by atoms with E-state index in [0.717, 1.165) is 37.0 Å². The molecule has 25 heavy (non-hydrogen) atoms. The molecule has 0 saturated heterocycles. The van der Waals surface area contributed by atoms with Crippen LogP contribution in [0.2, 0.25) is 0 Å². The van der Waals surface area contributed by atoms with Gasteiger partial charge in [-0.15, -0.1) is 0 Å². The van der Waals surface area contributed by atoms with E-state index in [4.69, 9.17) is 4.74 Å². The summed E-state index contributed by atoms with van der Waals surface area (Å²) in [5.74, 6) is 3.07. The molecule has 0 heterocycles. The van der Waals surface area contributed by atoms with Gasteiger partial charge in [0.15, 0.2) is 0 Å². The van der Waals surface area contributed by atoms with Crippen molar-refractivity contribution in [2.24, 2.45) is 34.5 Å². The highest BCUT2D eigenvalue weighted by molar-refractivity contribution is 5.67. The first-order valence-corrected chi connectivity index (χ1v) is 10.4. The number of fused-ring (bicyclic) bond motifs is 5. The van der Waals surface area contributed by atoms with Crippen molar-refractivity contribution in [1.82, 2.24) is 5.32 Å². The fourth-order valence-electron chi connectivity index (χ4n) is 7.67. The first kappa shape index (κ1) is 17.6. The van der Waals surface area contributed by atoms with Crippen molar-refractivity contribution in [2.75, 3.05) is 7.11 Å². The van der Waals surface area contributed by atoms with Crippen LogP contribution in [0.25, 0.3) is 0 Å². The van der Waals surface area contributed by atoms with Crippen molar-refractivity contribution < 1.29 is 14.6 Å². The number of aliphatic hydroxyl groups excluding tert-OH is 1. The summed E-state index contributed by atoms with van der Waals surface area (Å²) in [6, 6.07) is 0.268. The summed E-state index contributed by atoms with van der Waals surface area (Å²) in [5.41, 5.74) is 0.657. The van der Waals surface area contributed by atoms with Crippen molar-refractivity contribution in [2.45, 2.75) is 83.8 Å². The first-order chi connectivity index (χ1) is 11.9. The lowest BCUT2D eigenvalue weighted by atomic mass is 9.45. The third kappa shape index (κ3) is 2.62. The maximum Gasteiger partial charge on any atom is 0.407 e. The number of ether oxygens (including phenoxy) is 1. The highest BCUT2D eigenvalue weighted by Crippen LogP contribution is 2.66. The van der Waals surface area contributed by atoms with Crippen LogP contribution in [0.4, 0.5) is 4.79 Å². The van der Waals surface area contributed by atoms with E-state index in [9.17, 15) is 9.90 Å². The third-order valence-electron chi connectivity index (χ3n) is 9.12. The Morgan fingerprint density at radius 2 is 1.72 bits per heavy atom. The number of amides is 1. The van der Waals surface area contributed by atoms with Gasteiger partial charge in [0.2, 0.25) is 0 Å². The van der Waals surface area contributed by atoms with Gasteiger partial charge in [0.25, 0.3) is 0 Å². The Bertz CT molecular complexity index is 537. The Morgan fingerprint density at radius 3 is 2.48 bits per heavy atom. The first-order valence-electron chi connectivity index (χ1n) is 10.4. The van der Waals surface area contributed by atoms with Gasteiger partial charge >= 0.3 is 6.09 Å². The lowest BCUT2D eigenvalue weighted by molar-refractivity contribution is -0.123. The maximum atomic E-state index is 11.8. The number of methoxy groups -OCH3 is 1. The van der Waals surface area contributed by atoms with Crippen LogP contribution in [0.3, 0.4) is 0 Å². The number of hydrogen-bond acceptors (Lipinski definition) is 3. The van der Waals surface area contributed by atoms with Crippen molar-refractivity contribution in [3.63, 3.8) is 0 Å². The summed E-state index contributed by atoms with van der Waals surface area (Å²) in [4.78, 5) is 11.8. The Morgan fingerprint density at radius 1 is 1.00 bits per heavy atom. The van der Waals surface area contributed by atoms with E-state index in [1.807, 2.05) is 0 Å². The molecule has 1 amide bonds. The highest BCUT2D eigenvalue weighted by atomic mass is 16.5. The molecule has 4 rings (SSSR count). The Kier molecular flexibility index (Phi) is 4.33. The number of alkyl carbamates (subject to hydrolysis) is 1. The number of rotatable bonds is 1. The van der Waals surface area contributed by atoms with Gasteiger partial charge in [0.1, 0.15) is 0 Å². The summed E-state index contributed by atoms with van der Waals surface area (Å²) in [7, 11) is 1.46. The van der Waals surface area contributed by atoms with Gasteiger partial charge in [-0.3, -0.25) is 0 Å². The van der Waals surface area contributed by atoms with Crippen LogP contribution in [0.15, 0.2) is 0 Å². The van der Waals surface area contributed by atoms with Gasteiger partial charge < -0.3 is 15.2 Å². The van der Waals surface area contributed by atoms with E-state index >= 15 is 0 Å². The van der Waals surface area contributed by atoms with E-state index in [1.54, 1.807) is 0 Å². The van der Waals surface area contributed by atoms with Gasteiger partial charge in [0.05, 0.1) is 13.2 Å². The van der Waals surface area contributed by atoms with Crippen LogP contribution in [0.1, 0.15) is 71.6 Å². The molecule has 4 saturated carbocycles. The molecule has 2 N–H and O–H groups in total. The number of carbonyl (C=O) groups is 1. The Hall–Kier alpha value is -0.770. The predicted octanol–water partition coefficient (Wildman–Crippen LogP) is 4.11. The maximum absolute atomic E-state index is 11.8. The summed E-state index contributed by atoms with van der Waals surface area (Å²) >= 11 is 0. The number of carbonyl (C=O) groups excluding carboxylic acids is 1. The molecule has 0 aliphatic heterocycles. The minimum absolute atomic E-state index is 0.0661. The minimum atomic E-state index is -0.272. The zero-order chi connectivity index (χ0) is 17.8. The number of aliphatic hydroxyl groups is 1. The van der Waals surface area contributed by atoms with Gasteiger partial charge in [-0.05, 0) is 92.3 Å². The van der Waals surface area contributed by atoms with Crippen LogP contribution in [-0.2, 0) is 4.74 Å². The molecule has 0 aromatic heterocycles. The number of hydrogen-bond donors (Lipinski definition) is 2. The van der Waals surface area contributed by atoms with E-state index in [1.165, 1.54) is 45.6 Å². The van der Waals surface area contributed by atoms with Crippen molar-refractivity contribution in [3.8, 4) is 0 Å². The molecule has 4 aliphatic rings. The van der Waals surface area contributed by atoms with Gasteiger partial charge in [-0.2, -0.15) is 0 Å². The summed E-state index contributed by atoms with van der Waals surface area (Å²) in [5, 5.41) is 13.3. The normalized spacial score (nSPS) is 51.8. The van der Waals surface area contributed by atoms with Crippen LogP contribution in [-0.4, -0.2) is 30.5 Å². The molecule has 0 spiro atoms. The minimum Gasteiger partial charge on any atom is -0.453 e. The quantitative estimate of drug-likeness (QED) is 0.749. The molecule has 4 heteroatoms. The largest absolute Gasteiger partial charge is 0.453 e. The lowest BCUT2D eigenvalue weighted by Crippen LogP contribution is -2.56. The fraction of sp³-hybridized carbons (Fsp3) is 0.952. The highest BCUT2D eigenvalue weighted by Gasteiger charge is 2.60. The molecule has 4 aliphatic carbocycles. The zero-order valence-electron chi connectivity index (χ0n) is 16.1. The van der Waals surface area contributed by atoms with Crippen LogP contribution in [0, 0.1) is 34.5 Å². The molecule has 0 aromatic carbocycles. The molecular formula is C21H35NO3. The van der Waals surface area contributed by atoms with Crippen LogP contribution >= 0.6 is 0 Å². The van der Waals surface area contributed by atoms with Crippen molar-refractivity contribution in [3.05, 3.63) is 0 Å². The van der Waals surface area contributed by atoms with Gasteiger partial charge in [-0.25, -0.2) is 4.79 Å². The smallest absolute Gasteiger partial charge is 0.407 e. The molecule has 4 fully saturated rings. The molecule has 142 valence electrons. The molecule has 0 unspecified atom stereocenters. The molecular weight excluding hydrogens is 314 g/mol. The van der Waals surface area contributed by atoms with E-state index < -0.39 is 0 Å². The molecule has 0 aromatic rings. The molecule has 8 atom stereocenters. The SMILES string of the molecule is COC(=O)N[C@H]1CC[C@H]2[C@@H]3CC[C@H]4C[C@@H](O)CC[C@]4(C)[C@H]3CC[C@]12C. The second-order valence-electron chi connectivity index (χ2n) is 9.90.